The van der Waals surface area contributed by atoms with Crippen LogP contribution in [0, 0.1) is 13.8 Å². The van der Waals surface area contributed by atoms with Gasteiger partial charge in [-0.05, 0) is 42.7 Å². The molecule has 1 amide bonds. The van der Waals surface area contributed by atoms with Gasteiger partial charge in [-0.15, -0.1) is 6.58 Å². The number of hydrogen-bond donors (Lipinski definition) is 1. The monoisotopic (exact) mass is 358 g/mol. The Bertz CT molecular complexity index is 905. The molecule has 0 fully saturated rings. The number of rotatable bonds is 6. The van der Waals surface area contributed by atoms with Crippen LogP contribution in [0.1, 0.15) is 27.0 Å². The van der Waals surface area contributed by atoms with E-state index in [9.17, 15) is 13.2 Å². The first-order chi connectivity index (χ1) is 11.7. The Hall–Kier alpha value is -2.44. The quantitative estimate of drug-likeness (QED) is 0.806. The van der Waals surface area contributed by atoms with E-state index in [2.05, 4.69) is 6.58 Å². The summed E-state index contributed by atoms with van der Waals surface area (Å²) in [6.07, 6.45) is 1.65. The maximum atomic E-state index is 13.0. The summed E-state index contributed by atoms with van der Waals surface area (Å²) in [6, 6.07) is 12.1. The second-order valence-electron chi connectivity index (χ2n) is 5.92. The lowest BCUT2D eigenvalue weighted by Crippen LogP contribution is -2.31. The van der Waals surface area contributed by atoms with Crippen LogP contribution in [-0.2, 0) is 16.6 Å². The van der Waals surface area contributed by atoms with Gasteiger partial charge in [0.2, 0.25) is 10.0 Å². The topological polar surface area (TPSA) is 80.5 Å². The lowest BCUT2D eigenvalue weighted by atomic mass is 10.1. The van der Waals surface area contributed by atoms with Crippen molar-refractivity contribution < 1.29 is 13.2 Å². The van der Waals surface area contributed by atoms with Crippen LogP contribution in [0.4, 0.5) is 0 Å². The average molecular weight is 358 g/mol. The first-order valence-corrected chi connectivity index (χ1v) is 9.37. The molecule has 0 aliphatic carbocycles. The number of benzene rings is 2. The highest BCUT2D eigenvalue weighted by Gasteiger charge is 2.20. The number of nitrogens with two attached hydrogens (primary N) is 1. The summed E-state index contributed by atoms with van der Waals surface area (Å²) in [6.45, 7) is 8.23. The molecule has 6 heteroatoms. The van der Waals surface area contributed by atoms with Crippen molar-refractivity contribution in [2.45, 2.75) is 25.3 Å². The third kappa shape index (κ3) is 4.55. The van der Waals surface area contributed by atoms with Crippen molar-refractivity contribution in [3.8, 4) is 0 Å². The SMILES string of the molecule is C=CCN(Cc1ccccc1C)C(=O)c1cc(S(N)(=O)=O)ccc1C. The van der Waals surface area contributed by atoms with E-state index in [1.807, 2.05) is 31.2 Å². The number of hydrogen-bond acceptors (Lipinski definition) is 3. The predicted molar refractivity (Wildman–Crippen MR) is 98.7 cm³/mol. The highest BCUT2D eigenvalue weighted by atomic mass is 32.2. The van der Waals surface area contributed by atoms with E-state index in [4.69, 9.17) is 5.14 Å². The maximum absolute atomic E-state index is 13.0. The molecule has 2 aromatic carbocycles. The minimum absolute atomic E-state index is 0.0732. The van der Waals surface area contributed by atoms with E-state index in [0.29, 0.717) is 24.2 Å². The normalized spacial score (nSPS) is 11.2. The van der Waals surface area contributed by atoms with Crippen LogP contribution >= 0.6 is 0 Å². The summed E-state index contributed by atoms with van der Waals surface area (Å²) in [5.41, 5.74) is 3.12. The fraction of sp³-hybridized carbons (Fsp3) is 0.211. The molecule has 0 saturated heterocycles. The molecule has 0 aliphatic rings. The first kappa shape index (κ1) is 18.9. The van der Waals surface area contributed by atoms with Gasteiger partial charge in [0.25, 0.3) is 5.91 Å². The van der Waals surface area contributed by atoms with Crippen molar-refractivity contribution in [1.82, 2.24) is 4.90 Å². The van der Waals surface area contributed by atoms with Gasteiger partial charge in [0, 0.05) is 18.7 Å². The molecule has 25 heavy (non-hydrogen) atoms. The van der Waals surface area contributed by atoms with Crippen LogP contribution in [0.3, 0.4) is 0 Å². The van der Waals surface area contributed by atoms with Crippen molar-refractivity contribution in [3.63, 3.8) is 0 Å². The number of amides is 1. The van der Waals surface area contributed by atoms with Crippen LogP contribution in [0.2, 0.25) is 0 Å². The van der Waals surface area contributed by atoms with Crippen LogP contribution in [-0.4, -0.2) is 25.8 Å². The second kappa shape index (κ2) is 7.63. The molecule has 0 radical (unpaired) electrons. The standard InChI is InChI=1S/C19H22N2O3S/c1-4-11-21(13-16-8-6-5-7-14(16)2)19(22)18-12-17(25(20,23)24)10-9-15(18)3/h4-10,12H,1,11,13H2,2-3H3,(H2,20,23,24). The third-order valence-corrected chi connectivity index (χ3v) is 4.94. The fourth-order valence-corrected chi connectivity index (χ4v) is 3.09. The summed E-state index contributed by atoms with van der Waals surface area (Å²) in [5, 5.41) is 5.19. The van der Waals surface area contributed by atoms with E-state index in [-0.39, 0.29) is 10.8 Å². The number of carbonyl (C=O) groups excluding carboxylic acids is 1. The maximum Gasteiger partial charge on any atom is 0.254 e. The molecule has 2 N–H and O–H groups in total. The van der Waals surface area contributed by atoms with Gasteiger partial charge in [-0.1, -0.05) is 36.4 Å². The van der Waals surface area contributed by atoms with E-state index in [1.54, 1.807) is 24.0 Å². The molecule has 0 aromatic heterocycles. The molecule has 2 aromatic rings. The number of sulfonamides is 1. The Labute approximate surface area is 148 Å². The molecule has 2 rings (SSSR count). The third-order valence-electron chi connectivity index (χ3n) is 4.03. The molecule has 0 unspecified atom stereocenters. The lowest BCUT2D eigenvalue weighted by molar-refractivity contribution is 0.0761. The van der Waals surface area contributed by atoms with Crippen molar-refractivity contribution in [2.24, 2.45) is 5.14 Å². The van der Waals surface area contributed by atoms with Crippen molar-refractivity contribution in [1.29, 1.82) is 0 Å². The summed E-state index contributed by atoms with van der Waals surface area (Å²) in [4.78, 5) is 14.5. The van der Waals surface area contributed by atoms with Crippen molar-refractivity contribution >= 4 is 15.9 Å². The Morgan fingerprint density at radius 3 is 2.44 bits per heavy atom. The number of primary sulfonamides is 1. The van der Waals surface area contributed by atoms with Crippen LogP contribution < -0.4 is 5.14 Å². The van der Waals surface area contributed by atoms with E-state index >= 15 is 0 Å². The molecule has 0 aliphatic heterocycles. The van der Waals surface area contributed by atoms with Crippen LogP contribution in [0.25, 0.3) is 0 Å². The molecule has 5 nitrogen and oxygen atoms in total. The molecule has 0 atom stereocenters. The predicted octanol–water partition coefficient (Wildman–Crippen LogP) is 2.78. The van der Waals surface area contributed by atoms with Gasteiger partial charge in [0.15, 0.2) is 0 Å². The zero-order valence-electron chi connectivity index (χ0n) is 14.4. The fourth-order valence-electron chi connectivity index (χ4n) is 2.55. The molecular weight excluding hydrogens is 336 g/mol. The van der Waals surface area contributed by atoms with Gasteiger partial charge in [-0.2, -0.15) is 0 Å². The zero-order chi connectivity index (χ0) is 18.6. The van der Waals surface area contributed by atoms with Gasteiger partial charge in [-0.3, -0.25) is 4.79 Å². The van der Waals surface area contributed by atoms with Crippen LogP contribution in [0.5, 0.6) is 0 Å². The second-order valence-corrected chi connectivity index (χ2v) is 7.48. The summed E-state index contributed by atoms with van der Waals surface area (Å²) < 4.78 is 23.2. The van der Waals surface area contributed by atoms with Gasteiger partial charge in [-0.25, -0.2) is 13.6 Å². The van der Waals surface area contributed by atoms with E-state index in [0.717, 1.165) is 11.1 Å². The molecule has 0 heterocycles. The van der Waals surface area contributed by atoms with Crippen molar-refractivity contribution in [3.05, 3.63) is 77.4 Å². The number of aryl methyl sites for hydroxylation is 2. The number of carbonyl (C=O) groups is 1. The van der Waals surface area contributed by atoms with Gasteiger partial charge in [0.05, 0.1) is 4.90 Å². The lowest BCUT2D eigenvalue weighted by Gasteiger charge is -2.23. The van der Waals surface area contributed by atoms with Crippen LogP contribution in [0.15, 0.2) is 60.0 Å². The van der Waals surface area contributed by atoms with Gasteiger partial charge in [0.1, 0.15) is 0 Å². The minimum Gasteiger partial charge on any atom is -0.331 e. The molecular formula is C19H22N2O3S. The van der Waals surface area contributed by atoms with E-state index in [1.165, 1.54) is 12.1 Å². The summed E-state index contributed by atoms with van der Waals surface area (Å²) in [5.74, 6) is -0.258. The highest BCUT2D eigenvalue weighted by molar-refractivity contribution is 7.89. The molecule has 132 valence electrons. The van der Waals surface area contributed by atoms with Gasteiger partial charge >= 0.3 is 0 Å². The first-order valence-electron chi connectivity index (χ1n) is 7.82. The Kier molecular flexibility index (Phi) is 5.77. The van der Waals surface area contributed by atoms with E-state index < -0.39 is 10.0 Å². The average Bonchev–Trinajstić information content (AvgIpc) is 2.55. The smallest absolute Gasteiger partial charge is 0.254 e. The van der Waals surface area contributed by atoms with Crippen molar-refractivity contribution in [2.75, 3.05) is 6.54 Å². The highest BCUT2D eigenvalue weighted by Crippen LogP contribution is 2.19. The Balaban J connectivity index is 2.41. The summed E-state index contributed by atoms with van der Waals surface area (Å²) in [7, 11) is -3.87. The molecule has 0 spiro atoms. The van der Waals surface area contributed by atoms with Gasteiger partial charge < -0.3 is 4.90 Å². The Morgan fingerprint density at radius 2 is 1.84 bits per heavy atom. The summed E-state index contributed by atoms with van der Waals surface area (Å²) >= 11 is 0. The molecule has 0 bridgehead atoms. The molecule has 0 saturated carbocycles. The Morgan fingerprint density at radius 1 is 1.16 bits per heavy atom. The zero-order valence-corrected chi connectivity index (χ0v) is 15.2. The minimum atomic E-state index is -3.87. The number of nitrogens with zero attached hydrogens (tertiary/aromatic N) is 1. The largest absolute Gasteiger partial charge is 0.331 e.